The highest BCUT2D eigenvalue weighted by Gasteiger charge is 2.34. The van der Waals surface area contributed by atoms with Crippen molar-refractivity contribution >= 4 is 11.6 Å². The molecule has 1 amide bonds. The number of hydrogen-bond donors (Lipinski definition) is 2. The van der Waals surface area contributed by atoms with Gasteiger partial charge in [-0.1, -0.05) is 24.3 Å². The number of rotatable bonds is 6. The number of para-hydroxylation sites is 1. The minimum Gasteiger partial charge on any atom is -0.497 e. The molecule has 1 heterocycles. The van der Waals surface area contributed by atoms with Crippen molar-refractivity contribution in [3.05, 3.63) is 54.1 Å². The van der Waals surface area contributed by atoms with Gasteiger partial charge in [0.25, 0.3) is 0 Å². The average molecular weight is 355 g/mol. The Balaban J connectivity index is 1.75. The van der Waals surface area contributed by atoms with Gasteiger partial charge in [-0.05, 0) is 31.5 Å². The summed E-state index contributed by atoms with van der Waals surface area (Å²) in [6.07, 6.45) is 0.644. The Morgan fingerprint density at radius 3 is 2.54 bits per heavy atom. The van der Waals surface area contributed by atoms with Crippen LogP contribution in [0.15, 0.2) is 48.5 Å². The van der Waals surface area contributed by atoms with Gasteiger partial charge in [0.2, 0.25) is 5.91 Å². The second-order valence-corrected chi connectivity index (χ2v) is 6.16. The molecular weight excluding hydrogens is 330 g/mol. The van der Waals surface area contributed by atoms with Crippen LogP contribution >= 0.6 is 0 Å². The molecule has 0 aromatic heterocycles. The van der Waals surface area contributed by atoms with E-state index in [9.17, 15) is 4.79 Å². The van der Waals surface area contributed by atoms with Gasteiger partial charge < -0.3 is 14.4 Å². The molecular formula is C20H25N3O3. The molecule has 26 heavy (non-hydrogen) atoms. The maximum Gasteiger partial charge on any atom is 0.245 e. The monoisotopic (exact) mass is 355 g/mol. The standard InChI is InChI=1S/C20H25N3O3/c1-4-23(14-8-6-5-7-9-14)20(24)18-13-17(21-22-18)16-11-10-15(25-2)12-19(16)26-3/h5-12,17-18,21-22H,4,13H2,1-3H3. The van der Waals surface area contributed by atoms with Crippen molar-refractivity contribution in [2.24, 2.45) is 0 Å². The summed E-state index contributed by atoms with van der Waals surface area (Å²) >= 11 is 0. The van der Waals surface area contributed by atoms with E-state index in [1.54, 1.807) is 19.1 Å². The summed E-state index contributed by atoms with van der Waals surface area (Å²) in [6.45, 7) is 2.61. The van der Waals surface area contributed by atoms with E-state index in [1.165, 1.54) is 0 Å². The van der Waals surface area contributed by atoms with E-state index in [2.05, 4.69) is 10.9 Å². The lowest BCUT2D eigenvalue weighted by Crippen LogP contribution is -2.45. The number of hydrogen-bond acceptors (Lipinski definition) is 5. The number of nitrogens with zero attached hydrogens (tertiary/aromatic N) is 1. The van der Waals surface area contributed by atoms with Crippen LogP contribution in [-0.2, 0) is 4.79 Å². The fourth-order valence-corrected chi connectivity index (χ4v) is 3.29. The molecule has 1 saturated heterocycles. The molecule has 3 rings (SSSR count). The van der Waals surface area contributed by atoms with Gasteiger partial charge >= 0.3 is 0 Å². The zero-order valence-electron chi connectivity index (χ0n) is 15.4. The SMILES string of the molecule is CCN(C(=O)C1CC(c2ccc(OC)cc2OC)NN1)c1ccccc1. The fourth-order valence-electron chi connectivity index (χ4n) is 3.29. The fraction of sp³-hybridized carbons (Fsp3) is 0.350. The lowest BCUT2D eigenvalue weighted by Gasteiger charge is -2.24. The summed E-state index contributed by atoms with van der Waals surface area (Å²) < 4.78 is 10.7. The number of likely N-dealkylation sites (N-methyl/N-ethyl adjacent to an activating group) is 1. The zero-order chi connectivity index (χ0) is 18.5. The van der Waals surface area contributed by atoms with Crippen LogP contribution in [0.5, 0.6) is 11.5 Å². The van der Waals surface area contributed by atoms with Gasteiger partial charge in [0.1, 0.15) is 17.5 Å². The molecule has 0 saturated carbocycles. The Bertz CT molecular complexity index is 751. The lowest BCUT2D eigenvalue weighted by atomic mass is 10.00. The van der Waals surface area contributed by atoms with Crippen LogP contribution < -0.4 is 25.2 Å². The Kier molecular flexibility index (Phi) is 5.75. The molecule has 1 aliphatic heterocycles. The third-order valence-electron chi connectivity index (χ3n) is 4.67. The van der Waals surface area contributed by atoms with E-state index >= 15 is 0 Å². The molecule has 1 aliphatic rings. The normalized spacial score (nSPS) is 19.2. The minimum absolute atomic E-state index is 0.0146. The van der Waals surface area contributed by atoms with Crippen LogP contribution in [0, 0.1) is 0 Å². The van der Waals surface area contributed by atoms with Gasteiger partial charge in [0.15, 0.2) is 0 Å². The van der Waals surface area contributed by atoms with Crippen molar-refractivity contribution in [2.45, 2.75) is 25.4 Å². The number of amides is 1. The third kappa shape index (κ3) is 3.66. The molecule has 6 heteroatoms. The van der Waals surface area contributed by atoms with Crippen LogP contribution in [0.2, 0.25) is 0 Å². The van der Waals surface area contributed by atoms with Gasteiger partial charge in [-0.25, -0.2) is 10.9 Å². The molecule has 6 nitrogen and oxygen atoms in total. The number of anilines is 1. The summed E-state index contributed by atoms with van der Waals surface area (Å²) in [5.74, 6) is 1.54. The Hall–Kier alpha value is -2.57. The van der Waals surface area contributed by atoms with Gasteiger partial charge in [-0.15, -0.1) is 0 Å². The first-order valence-electron chi connectivity index (χ1n) is 8.77. The van der Waals surface area contributed by atoms with Crippen LogP contribution in [-0.4, -0.2) is 32.7 Å². The Labute approximate surface area is 154 Å². The van der Waals surface area contributed by atoms with Gasteiger partial charge in [-0.3, -0.25) is 4.79 Å². The molecule has 2 N–H and O–H groups in total. The summed E-state index contributed by atoms with van der Waals surface area (Å²) in [7, 11) is 3.26. The zero-order valence-corrected chi connectivity index (χ0v) is 15.4. The summed E-state index contributed by atoms with van der Waals surface area (Å²) in [5, 5.41) is 0. The first-order valence-corrected chi connectivity index (χ1v) is 8.77. The van der Waals surface area contributed by atoms with Gasteiger partial charge in [0.05, 0.1) is 20.3 Å². The van der Waals surface area contributed by atoms with Crippen molar-refractivity contribution < 1.29 is 14.3 Å². The van der Waals surface area contributed by atoms with Crippen LogP contribution in [0.4, 0.5) is 5.69 Å². The van der Waals surface area contributed by atoms with Crippen molar-refractivity contribution in [2.75, 3.05) is 25.7 Å². The van der Waals surface area contributed by atoms with E-state index in [0.717, 1.165) is 22.7 Å². The smallest absolute Gasteiger partial charge is 0.245 e. The highest BCUT2D eigenvalue weighted by molar-refractivity contribution is 5.97. The predicted octanol–water partition coefficient (Wildman–Crippen LogP) is 2.66. The van der Waals surface area contributed by atoms with Crippen molar-refractivity contribution in [1.82, 2.24) is 10.9 Å². The van der Waals surface area contributed by atoms with Crippen molar-refractivity contribution in [1.29, 1.82) is 0 Å². The minimum atomic E-state index is -0.299. The molecule has 2 aromatic carbocycles. The Morgan fingerprint density at radius 1 is 1.12 bits per heavy atom. The van der Waals surface area contributed by atoms with E-state index in [4.69, 9.17) is 9.47 Å². The van der Waals surface area contributed by atoms with E-state index in [1.807, 2.05) is 55.5 Å². The highest BCUT2D eigenvalue weighted by Crippen LogP contribution is 2.33. The molecule has 0 spiro atoms. The Morgan fingerprint density at radius 2 is 1.88 bits per heavy atom. The summed E-state index contributed by atoms with van der Waals surface area (Å²) in [6, 6.07) is 15.1. The van der Waals surface area contributed by atoms with Crippen LogP contribution in [0.1, 0.15) is 24.9 Å². The quantitative estimate of drug-likeness (QED) is 0.834. The molecule has 2 unspecified atom stereocenters. The number of ether oxygens (including phenoxy) is 2. The first-order chi connectivity index (χ1) is 12.7. The molecule has 138 valence electrons. The molecule has 0 aliphatic carbocycles. The maximum atomic E-state index is 13.0. The van der Waals surface area contributed by atoms with Gasteiger partial charge in [-0.2, -0.15) is 0 Å². The number of benzene rings is 2. The van der Waals surface area contributed by atoms with E-state index in [-0.39, 0.29) is 18.0 Å². The number of methoxy groups -OCH3 is 2. The van der Waals surface area contributed by atoms with Crippen LogP contribution in [0.25, 0.3) is 0 Å². The highest BCUT2D eigenvalue weighted by atomic mass is 16.5. The average Bonchev–Trinajstić information content (AvgIpc) is 3.18. The molecule has 2 aromatic rings. The van der Waals surface area contributed by atoms with Gasteiger partial charge in [0, 0.05) is 23.9 Å². The van der Waals surface area contributed by atoms with Crippen molar-refractivity contribution in [3.63, 3.8) is 0 Å². The molecule has 1 fully saturated rings. The van der Waals surface area contributed by atoms with E-state index < -0.39 is 0 Å². The summed E-state index contributed by atoms with van der Waals surface area (Å²) in [4.78, 5) is 14.8. The molecule has 0 bridgehead atoms. The predicted molar refractivity (Wildman–Crippen MR) is 101 cm³/mol. The largest absolute Gasteiger partial charge is 0.497 e. The topological polar surface area (TPSA) is 62.8 Å². The third-order valence-corrected chi connectivity index (χ3v) is 4.67. The van der Waals surface area contributed by atoms with Crippen molar-refractivity contribution in [3.8, 4) is 11.5 Å². The summed E-state index contributed by atoms with van der Waals surface area (Å²) in [5.41, 5.74) is 8.28. The number of nitrogens with one attached hydrogen (secondary N) is 2. The maximum absolute atomic E-state index is 13.0. The second-order valence-electron chi connectivity index (χ2n) is 6.16. The van der Waals surface area contributed by atoms with Crippen LogP contribution in [0.3, 0.4) is 0 Å². The van der Waals surface area contributed by atoms with E-state index in [0.29, 0.717) is 13.0 Å². The first kappa shape index (κ1) is 18.2. The molecule has 0 radical (unpaired) electrons. The second kappa shape index (κ2) is 8.21. The lowest BCUT2D eigenvalue weighted by molar-refractivity contribution is -0.120. The number of hydrazine groups is 1. The number of carbonyl (C=O) groups is 1. The molecule has 2 atom stereocenters. The number of carbonyl (C=O) groups excluding carboxylic acids is 1.